The third-order valence-corrected chi connectivity index (χ3v) is 4.38. The summed E-state index contributed by atoms with van der Waals surface area (Å²) in [6, 6.07) is 0. The maximum atomic E-state index is 12.0. The van der Waals surface area contributed by atoms with E-state index in [1.807, 2.05) is 6.92 Å². The van der Waals surface area contributed by atoms with Crippen LogP contribution >= 0.6 is 11.3 Å². The van der Waals surface area contributed by atoms with Crippen molar-refractivity contribution in [2.45, 2.75) is 27.2 Å². The largest absolute Gasteiger partial charge is 0.469 e. The van der Waals surface area contributed by atoms with Crippen LogP contribution in [0.5, 0.6) is 0 Å². The molecule has 2 aromatic rings. The molecule has 0 aliphatic heterocycles. The van der Waals surface area contributed by atoms with E-state index in [9.17, 15) is 9.59 Å². The van der Waals surface area contributed by atoms with E-state index in [0.717, 1.165) is 15.8 Å². The van der Waals surface area contributed by atoms with Gasteiger partial charge in [-0.25, -0.2) is 14.8 Å². The molecule has 7 nitrogen and oxygen atoms in total. The van der Waals surface area contributed by atoms with Crippen LogP contribution in [0.1, 0.15) is 34.4 Å². The number of nitrogens with zero attached hydrogens (tertiary/aromatic N) is 2. The summed E-state index contributed by atoms with van der Waals surface area (Å²) in [4.78, 5) is 33.3. The number of thiophene rings is 1. The van der Waals surface area contributed by atoms with Gasteiger partial charge < -0.3 is 14.8 Å². The fourth-order valence-corrected chi connectivity index (χ4v) is 3.27. The standard InChI is InChI=1S/C15H19N3O4S/c1-5-22-15(20)12-8(2)11-13(16-7-6-10(19)21-4)17-9(3)18-14(11)23-12/h5-7H2,1-4H3,(H,16,17,18). The minimum atomic E-state index is -0.355. The van der Waals surface area contributed by atoms with E-state index in [1.54, 1.807) is 13.8 Å². The van der Waals surface area contributed by atoms with Crippen molar-refractivity contribution in [3.8, 4) is 0 Å². The molecular formula is C15H19N3O4S. The van der Waals surface area contributed by atoms with Gasteiger partial charge in [-0.05, 0) is 26.3 Å². The minimum Gasteiger partial charge on any atom is -0.469 e. The van der Waals surface area contributed by atoms with Gasteiger partial charge in [-0.1, -0.05) is 0 Å². The molecule has 0 saturated carbocycles. The Labute approximate surface area is 138 Å². The molecule has 0 fully saturated rings. The summed E-state index contributed by atoms with van der Waals surface area (Å²) >= 11 is 1.29. The predicted molar refractivity (Wildman–Crippen MR) is 88.0 cm³/mol. The highest BCUT2D eigenvalue weighted by Gasteiger charge is 2.20. The van der Waals surface area contributed by atoms with Gasteiger partial charge >= 0.3 is 11.9 Å². The molecule has 2 aromatic heterocycles. The van der Waals surface area contributed by atoms with E-state index in [1.165, 1.54) is 18.4 Å². The van der Waals surface area contributed by atoms with Crippen LogP contribution < -0.4 is 5.32 Å². The first-order valence-electron chi connectivity index (χ1n) is 7.23. The zero-order chi connectivity index (χ0) is 17.0. The molecular weight excluding hydrogens is 318 g/mol. The number of anilines is 1. The van der Waals surface area contributed by atoms with Gasteiger partial charge in [0, 0.05) is 6.54 Å². The van der Waals surface area contributed by atoms with Crippen LogP contribution in [0.3, 0.4) is 0 Å². The van der Waals surface area contributed by atoms with Crippen molar-refractivity contribution >= 4 is 39.3 Å². The van der Waals surface area contributed by atoms with Gasteiger partial charge in [0.05, 0.1) is 25.5 Å². The average Bonchev–Trinajstić information content (AvgIpc) is 2.84. The molecule has 1 N–H and O–H groups in total. The highest BCUT2D eigenvalue weighted by atomic mass is 32.1. The highest BCUT2D eigenvalue weighted by molar-refractivity contribution is 7.20. The molecule has 124 valence electrons. The van der Waals surface area contributed by atoms with E-state index < -0.39 is 0 Å². The topological polar surface area (TPSA) is 90.4 Å². The number of esters is 2. The number of carbonyl (C=O) groups excluding carboxylic acids is 2. The number of rotatable bonds is 6. The summed E-state index contributed by atoms with van der Waals surface area (Å²) in [7, 11) is 1.35. The first kappa shape index (κ1) is 17.1. The second kappa shape index (κ2) is 7.36. The Bertz CT molecular complexity index is 742. The van der Waals surface area contributed by atoms with E-state index in [0.29, 0.717) is 29.7 Å². The lowest BCUT2D eigenvalue weighted by atomic mass is 10.2. The van der Waals surface area contributed by atoms with Gasteiger partial charge in [-0.15, -0.1) is 11.3 Å². The van der Waals surface area contributed by atoms with Crippen molar-refractivity contribution in [3.05, 3.63) is 16.3 Å². The van der Waals surface area contributed by atoms with Crippen molar-refractivity contribution in [1.29, 1.82) is 0 Å². The van der Waals surface area contributed by atoms with Gasteiger partial charge in [0.1, 0.15) is 21.3 Å². The van der Waals surface area contributed by atoms with Gasteiger partial charge in [0.25, 0.3) is 0 Å². The van der Waals surface area contributed by atoms with Crippen LogP contribution in [-0.2, 0) is 14.3 Å². The molecule has 0 unspecified atom stereocenters. The Morgan fingerprint density at radius 3 is 2.65 bits per heavy atom. The van der Waals surface area contributed by atoms with Gasteiger partial charge in [-0.2, -0.15) is 0 Å². The van der Waals surface area contributed by atoms with Crippen LogP contribution in [0.4, 0.5) is 5.82 Å². The zero-order valence-corrected chi connectivity index (χ0v) is 14.4. The second-order valence-electron chi connectivity index (χ2n) is 4.83. The van der Waals surface area contributed by atoms with Gasteiger partial charge in [0.2, 0.25) is 0 Å². The summed E-state index contributed by atoms with van der Waals surface area (Å²) in [5, 5.41) is 3.91. The van der Waals surface area contributed by atoms with Gasteiger partial charge in [-0.3, -0.25) is 4.79 Å². The van der Waals surface area contributed by atoms with E-state index in [-0.39, 0.29) is 18.4 Å². The first-order valence-corrected chi connectivity index (χ1v) is 8.05. The van der Waals surface area contributed by atoms with E-state index >= 15 is 0 Å². The van der Waals surface area contributed by atoms with Crippen molar-refractivity contribution in [2.24, 2.45) is 0 Å². The number of aromatic nitrogens is 2. The molecule has 0 aliphatic carbocycles. The molecule has 0 radical (unpaired) electrons. The van der Waals surface area contributed by atoms with Crippen LogP contribution in [0.15, 0.2) is 0 Å². The summed E-state index contributed by atoms with van der Waals surface area (Å²) in [5.41, 5.74) is 0.781. The fraction of sp³-hybridized carbons (Fsp3) is 0.467. The zero-order valence-electron chi connectivity index (χ0n) is 13.6. The lowest BCUT2D eigenvalue weighted by Crippen LogP contribution is -2.11. The molecule has 8 heteroatoms. The number of ether oxygens (including phenoxy) is 2. The van der Waals surface area contributed by atoms with Crippen molar-refractivity contribution in [3.63, 3.8) is 0 Å². The SMILES string of the molecule is CCOC(=O)c1sc2nc(C)nc(NCCC(=O)OC)c2c1C. The molecule has 23 heavy (non-hydrogen) atoms. The second-order valence-corrected chi connectivity index (χ2v) is 5.83. The van der Waals surface area contributed by atoms with Crippen molar-refractivity contribution in [2.75, 3.05) is 25.6 Å². The summed E-state index contributed by atoms with van der Waals surface area (Å²) in [5.74, 6) is 0.551. The minimum absolute atomic E-state index is 0.231. The summed E-state index contributed by atoms with van der Waals surface area (Å²) in [6.45, 7) is 6.10. The molecule has 0 spiro atoms. The molecule has 0 aromatic carbocycles. The lowest BCUT2D eigenvalue weighted by Gasteiger charge is -2.08. The van der Waals surface area contributed by atoms with Crippen molar-refractivity contribution in [1.82, 2.24) is 9.97 Å². The normalized spacial score (nSPS) is 10.6. The Morgan fingerprint density at radius 1 is 1.26 bits per heavy atom. The number of carbonyl (C=O) groups is 2. The Hall–Kier alpha value is -2.22. The number of fused-ring (bicyclic) bond motifs is 1. The number of aryl methyl sites for hydroxylation is 2. The number of hydrogen-bond donors (Lipinski definition) is 1. The first-order chi connectivity index (χ1) is 11.0. The maximum absolute atomic E-state index is 12.0. The smallest absolute Gasteiger partial charge is 0.348 e. The third kappa shape index (κ3) is 3.76. The number of methoxy groups -OCH3 is 1. The predicted octanol–water partition coefficient (Wildman–Crippen LogP) is 2.46. The van der Waals surface area contributed by atoms with Crippen LogP contribution in [-0.4, -0.2) is 42.2 Å². The highest BCUT2D eigenvalue weighted by Crippen LogP contribution is 2.34. The molecule has 0 saturated heterocycles. The molecule has 0 atom stereocenters. The number of hydrogen-bond acceptors (Lipinski definition) is 8. The molecule has 0 bridgehead atoms. The summed E-state index contributed by atoms with van der Waals surface area (Å²) < 4.78 is 9.69. The van der Waals surface area contributed by atoms with Gasteiger partial charge in [0.15, 0.2) is 0 Å². The number of nitrogens with one attached hydrogen (secondary N) is 1. The molecule has 0 amide bonds. The monoisotopic (exact) mass is 337 g/mol. The van der Waals surface area contributed by atoms with Crippen LogP contribution in [0, 0.1) is 13.8 Å². The molecule has 2 rings (SSSR count). The van der Waals surface area contributed by atoms with Crippen LogP contribution in [0.25, 0.3) is 10.2 Å². The van der Waals surface area contributed by atoms with E-state index in [4.69, 9.17) is 4.74 Å². The van der Waals surface area contributed by atoms with Crippen LogP contribution in [0.2, 0.25) is 0 Å². The molecule has 2 heterocycles. The molecule has 0 aliphatic rings. The fourth-order valence-electron chi connectivity index (χ4n) is 2.15. The van der Waals surface area contributed by atoms with E-state index in [2.05, 4.69) is 20.0 Å². The lowest BCUT2D eigenvalue weighted by molar-refractivity contribution is -0.140. The Kier molecular flexibility index (Phi) is 5.49. The quantitative estimate of drug-likeness (QED) is 0.810. The Morgan fingerprint density at radius 2 is 2.00 bits per heavy atom. The summed E-state index contributed by atoms with van der Waals surface area (Å²) in [6.07, 6.45) is 0.231. The average molecular weight is 337 g/mol. The van der Waals surface area contributed by atoms with Crippen molar-refractivity contribution < 1.29 is 19.1 Å². The third-order valence-electron chi connectivity index (χ3n) is 3.21. The Balaban J connectivity index is 2.36. The maximum Gasteiger partial charge on any atom is 0.348 e.